The second-order valence-corrected chi connectivity index (χ2v) is 6.13. The number of nitrogens with zero attached hydrogens (tertiary/aromatic N) is 2. The maximum Gasteiger partial charge on any atom is 0.230 e. The zero-order valence-electron chi connectivity index (χ0n) is 12.4. The predicted octanol–water partition coefficient (Wildman–Crippen LogP) is 2.43. The number of aryl methyl sites for hydroxylation is 1. The molecule has 0 atom stereocenters. The van der Waals surface area contributed by atoms with Crippen LogP contribution in [0.15, 0.2) is 6.20 Å². The smallest absolute Gasteiger partial charge is 0.230 e. The highest BCUT2D eigenvalue weighted by molar-refractivity contribution is 7.11. The highest BCUT2D eigenvalue weighted by atomic mass is 32.1. The number of aromatic nitrogens is 1. The lowest BCUT2D eigenvalue weighted by Gasteiger charge is -2.32. The number of hydrogen-bond donors (Lipinski definition) is 1. The van der Waals surface area contributed by atoms with Crippen molar-refractivity contribution in [2.45, 2.75) is 46.6 Å². The van der Waals surface area contributed by atoms with Gasteiger partial charge in [-0.25, -0.2) is 4.98 Å². The van der Waals surface area contributed by atoms with Crippen molar-refractivity contribution in [3.63, 3.8) is 0 Å². The summed E-state index contributed by atoms with van der Waals surface area (Å²) in [7, 11) is 1.84. The van der Waals surface area contributed by atoms with Gasteiger partial charge < -0.3 is 10.6 Å². The molecule has 0 saturated carbocycles. The van der Waals surface area contributed by atoms with Crippen LogP contribution < -0.4 is 5.73 Å². The summed E-state index contributed by atoms with van der Waals surface area (Å²) in [6.07, 6.45) is 4.45. The molecule has 5 heteroatoms. The Kier molecular flexibility index (Phi) is 5.94. The lowest BCUT2D eigenvalue weighted by molar-refractivity contribution is -0.141. The molecule has 0 aliphatic rings. The molecule has 0 unspecified atom stereocenters. The van der Waals surface area contributed by atoms with E-state index < -0.39 is 5.41 Å². The molecule has 0 fully saturated rings. The van der Waals surface area contributed by atoms with Gasteiger partial charge in [-0.2, -0.15) is 0 Å². The number of amides is 1. The Morgan fingerprint density at radius 3 is 2.47 bits per heavy atom. The van der Waals surface area contributed by atoms with Gasteiger partial charge in [0, 0.05) is 24.7 Å². The average Bonchev–Trinajstić information content (AvgIpc) is 2.88. The first-order chi connectivity index (χ1) is 9.02. The van der Waals surface area contributed by atoms with E-state index in [9.17, 15) is 4.79 Å². The SMILES string of the molecule is CCc1cnc(CN(C)C(=O)C(CC)(CC)CN)s1. The molecule has 0 bridgehead atoms. The van der Waals surface area contributed by atoms with E-state index in [0.29, 0.717) is 13.1 Å². The van der Waals surface area contributed by atoms with Crippen LogP contribution in [0.4, 0.5) is 0 Å². The molecule has 19 heavy (non-hydrogen) atoms. The van der Waals surface area contributed by atoms with Crippen molar-refractivity contribution >= 4 is 17.2 Å². The van der Waals surface area contributed by atoms with Crippen LogP contribution in [0.2, 0.25) is 0 Å². The lowest BCUT2D eigenvalue weighted by Crippen LogP contribution is -2.45. The summed E-state index contributed by atoms with van der Waals surface area (Å²) in [6, 6.07) is 0. The normalized spacial score (nSPS) is 11.6. The number of nitrogens with two attached hydrogens (primary N) is 1. The van der Waals surface area contributed by atoms with Crippen LogP contribution >= 0.6 is 11.3 Å². The van der Waals surface area contributed by atoms with Crippen LogP contribution in [0.5, 0.6) is 0 Å². The molecule has 1 aromatic heterocycles. The summed E-state index contributed by atoms with van der Waals surface area (Å²) >= 11 is 1.68. The molecular weight excluding hydrogens is 258 g/mol. The third-order valence-corrected chi connectivity index (χ3v) is 4.99. The van der Waals surface area contributed by atoms with E-state index >= 15 is 0 Å². The third-order valence-electron chi connectivity index (χ3n) is 3.87. The minimum atomic E-state index is -0.417. The Labute approximate surface area is 120 Å². The zero-order chi connectivity index (χ0) is 14.5. The van der Waals surface area contributed by atoms with Gasteiger partial charge in [0.1, 0.15) is 5.01 Å². The summed E-state index contributed by atoms with van der Waals surface area (Å²) in [5.74, 6) is 0.133. The summed E-state index contributed by atoms with van der Waals surface area (Å²) in [5, 5.41) is 0.992. The van der Waals surface area contributed by atoms with Crippen LogP contribution in [0.3, 0.4) is 0 Å². The monoisotopic (exact) mass is 283 g/mol. The highest BCUT2D eigenvalue weighted by Gasteiger charge is 2.35. The quantitative estimate of drug-likeness (QED) is 0.836. The molecule has 0 aliphatic heterocycles. The Morgan fingerprint density at radius 2 is 2.05 bits per heavy atom. The molecule has 2 N–H and O–H groups in total. The first-order valence-corrected chi connectivity index (χ1v) is 7.73. The van der Waals surface area contributed by atoms with Gasteiger partial charge in [-0.15, -0.1) is 11.3 Å². The molecule has 4 nitrogen and oxygen atoms in total. The van der Waals surface area contributed by atoms with Crippen LogP contribution in [-0.4, -0.2) is 29.4 Å². The van der Waals surface area contributed by atoms with Gasteiger partial charge in [-0.05, 0) is 19.3 Å². The summed E-state index contributed by atoms with van der Waals surface area (Å²) < 4.78 is 0. The highest BCUT2D eigenvalue weighted by Crippen LogP contribution is 2.28. The van der Waals surface area contributed by atoms with Crippen molar-refractivity contribution in [1.82, 2.24) is 9.88 Å². The number of rotatable bonds is 7. The fourth-order valence-electron chi connectivity index (χ4n) is 2.19. The Hall–Kier alpha value is -0.940. The number of carbonyl (C=O) groups is 1. The van der Waals surface area contributed by atoms with Crippen molar-refractivity contribution in [1.29, 1.82) is 0 Å². The maximum atomic E-state index is 12.6. The molecule has 1 amide bonds. The van der Waals surface area contributed by atoms with Gasteiger partial charge in [0.2, 0.25) is 5.91 Å². The largest absolute Gasteiger partial charge is 0.338 e. The predicted molar refractivity (Wildman–Crippen MR) is 80.0 cm³/mol. The van der Waals surface area contributed by atoms with E-state index in [2.05, 4.69) is 11.9 Å². The van der Waals surface area contributed by atoms with Crippen molar-refractivity contribution in [2.75, 3.05) is 13.6 Å². The summed E-state index contributed by atoms with van der Waals surface area (Å²) in [6.45, 7) is 7.15. The molecule has 0 radical (unpaired) electrons. The fraction of sp³-hybridized carbons (Fsp3) is 0.714. The molecule has 0 spiro atoms. The molecule has 0 saturated heterocycles. The molecule has 0 aromatic carbocycles. The van der Waals surface area contributed by atoms with Crippen molar-refractivity contribution in [3.05, 3.63) is 16.1 Å². The molecule has 1 heterocycles. The summed E-state index contributed by atoms with van der Waals surface area (Å²) in [5.41, 5.74) is 5.41. The molecule has 0 aliphatic carbocycles. The van der Waals surface area contributed by atoms with E-state index in [1.807, 2.05) is 27.1 Å². The molecule has 1 aromatic rings. The molecular formula is C14H25N3OS. The zero-order valence-corrected chi connectivity index (χ0v) is 13.2. The van der Waals surface area contributed by atoms with E-state index in [1.54, 1.807) is 16.2 Å². The van der Waals surface area contributed by atoms with Crippen LogP contribution in [0.1, 0.15) is 43.5 Å². The maximum absolute atomic E-state index is 12.6. The third kappa shape index (κ3) is 3.54. The van der Waals surface area contributed by atoms with Crippen LogP contribution in [-0.2, 0) is 17.8 Å². The van der Waals surface area contributed by atoms with Gasteiger partial charge in [-0.3, -0.25) is 4.79 Å². The first kappa shape index (κ1) is 16.1. The van der Waals surface area contributed by atoms with Crippen molar-refractivity contribution in [2.24, 2.45) is 11.1 Å². The Balaban J connectivity index is 2.76. The van der Waals surface area contributed by atoms with E-state index in [4.69, 9.17) is 5.73 Å². The van der Waals surface area contributed by atoms with Crippen LogP contribution in [0.25, 0.3) is 0 Å². The van der Waals surface area contributed by atoms with Crippen molar-refractivity contribution < 1.29 is 4.79 Å². The van der Waals surface area contributed by atoms with E-state index in [-0.39, 0.29) is 5.91 Å². The average molecular weight is 283 g/mol. The molecule has 108 valence electrons. The van der Waals surface area contributed by atoms with Gasteiger partial charge in [0.25, 0.3) is 0 Å². The van der Waals surface area contributed by atoms with Gasteiger partial charge in [0.05, 0.1) is 12.0 Å². The second kappa shape index (κ2) is 7.01. The number of hydrogen-bond acceptors (Lipinski definition) is 4. The second-order valence-electron chi connectivity index (χ2n) is 4.93. The number of carbonyl (C=O) groups excluding carboxylic acids is 1. The van der Waals surface area contributed by atoms with Crippen LogP contribution in [0, 0.1) is 5.41 Å². The summed E-state index contributed by atoms with van der Waals surface area (Å²) in [4.78, 5) is 19.9. The fourth-order valence-corrected chi connectivity index (χ4v) is 3.11. The molecule has 1 rings (SSSR count). The topological polar surface area (TPSA) is 59.2 Å². The number of thiazole rings is 1. The standard InChI is InChI=1S/C14H25N3OS/c1-5-11-8-16-12(19-11)9-17(4)13(18)14(6-2,7-3)10-15/h8H,5-7,9-10,15H2,1-4H3. The van der Waals surface area contributed by atoms with E-state index in [1.165, 1.54) is 4.88 Å². The minimum absolute atomic E-state index is 0.133. The van der Waals surface area contributed by atoms with Crippen molar-refractivity contribution in [3.8, 4) is 0 Å². The lowest BCUT2D eigenvalue weighted by atomic mass is 9.81. The van der Waals surface area contributed by atoms with E-state index in [0.717, 1.165) is 24.3 Å². The Morgan fingerprint density at radius 1 is 1.42 bits per heavy atom. The Bertz CT molecular complexity index is 404. The van der Waals surface area contributed by atoms with Gasteiger partial charge in [-0.1, -0.05) is 20.8 Å². The van der Waals surface area contributed by atoms with Gasteiger partial charge in [0.15, 0.2) is 0 Å². The first-order valence-electron chi connectivity index (χ1n) is 6.92. The minimum Gasteiger partial charge on any atom is -0.338 e. The van der Waals surface area contributed by atoms with Gasteiger partial charge >= 0.3 is 0 Å².